The first-order valence-corrected chi connectivity index (χ1v) is 8.92. The molecular formula is C17H20BrN5. The van der Waals surface area contributed by atoms with Gasteiger partial charge in [0.15, 0.2) is 0 Å². The van der Waals surface area contributed by atoms with Crippen molar-refractivity contribution >= 4 is 27.7 Å². The highest BCUT2D eigenvalue weighted by molar-refractivity contribution is 9.10. The molecule has 2 saturated heterocycles. The molecule has 2 aromatic rings. The first-order valence-electron chi connectivity index (χ1n) is 8.13. The largest absolute Gasteiger partial charge is 0.351 e. The van der Waals surface area contributed by atoms with E-state index in [1.165, 1.54) is 12.8 Å². The molecule has 5 nitrogen and oxygen atoms in total. The van der Waals surface area contributed by atoms with E-state index < -0.39 is 0 Å². The number of pyridine rings is 1. The molecule has 2 fully saturated rings. The maximum atomic E-state index is 4.59. The number of rotatable bonds is 2. The molecule has 2 atom stereocenters. The van der Waals surface area contributed by atoms with Crippen LogP contribution in [0.3, 0.4) is 0 Å². The summed E-state index contributed by atoms with van der Waals surface area (Å²) in [7, 11) is 0. The molecule has 4 heterocycles. The number of halogens is 1. The van der Waals surface area contributed by atoms with Gasteiger partial charge in [0.2, 0.25) is 5.95 Å². The minimum atomic E-state index is 0.486. The Balaban J connectivity index is 1.58. The Morgan fingerprint density at radius 2 is 1.91 bits per heavy atom. The van der Waals surface area contributed by atoms with Gasteiger partial charge in [-0.3, -0.25) is 0 Å². The average Bonchev–Trinajstić information content (AvgIpc) is 2.99. The molecule has 2 aromatic heterocycles. The summed E-state index contributed by atoms with van der Waals surface area (Å²) in [5.74, 6) is 2.65. The van der Waals surface area contributed by atoms with Gasteiger partial charge in [0.05, 0.1) is 10.5 Å². The van der Waals surface area contributed by atoms with E-state index in [2.05, 4.69) is 46.7 Å². The number of aromatic nitrogens is 3. The second-order valence-corrected chi connectivity index (χ2v) is 7.27. The molecule has 2 aliphatic heterocycles. The van der Waals surface area contributed by atoms with Crippen LogP contribution in [0.1, 0.15) is 18.4 Å². The minimum absolute atomic E-state index is 0.486. The molecule has 4 rings (SSSR count). The van der Waals surface area contributed by atoms with Crippen molar-refractivity contribution in [2.45, 2.75) is 25.8 Å². The predicted molar refractivity (Wildman–Crippen MR) is 94.8 cm³/mol. The van der Waals surface area contributed by atoms with E-state index in [4.69, 9.17) is 0 Å². The van der Waals surface area contributed by atoms with Crippen LogP contribution in [-0.4, -0.2) is 40.6 Å². The quantitative estimate of drug-likeness (QED) is 0.809. The van der Waals surface area contributed by atoms with Crippen LogP contribution in [0.4, 0.5) is 11.8 Å². The van der Waals surface area contributed by atoms with E-state index in [1.807, 2.05) is 31.6 Å². The van der Waals surface area contributed by atoms with Crippen LogP contribution in [0.25, 0.3) is 0 Å². The molecule has 0 aliphatic carbocycles. The highest BCUT2D eigenvalue weighted by Crippen LogP contribution is 2.37. The van der Waals surface area contributed by atoms with Gasteiger partial charge in [0.25, 0.3) is 0 Å². The van der Waals surface area contributed by atoms with Crippen LogP contribution in [0, 0.1) is 12.8 Å². The molecule has 0 radical (unpaired) electrons. The maximum absolute atomic E-state index is 4.59. The molecule has 2 unspecified atom stereocenters. The maximum Gasteiger partial charge on any atom is 0.225 e. The average molecular weight is 374 g/mol. The highest BCUT2D eigenvalue weighted by atomic mass is 79.9. The van der Waals surface area contributed by atoms with Crippen molar-refractivity contribution in [3.05, 3.63) is 40.8 Å². The molecular weight excluding hydrogens is 354 g/mol. The molecule has 6 heteroatoms. The standard InChI is InChI=1S/C17H20BrN5/c1-12-9-20-17(21-10-12)22-7-4-13-5-8-23(15(13)11-22)16-14(18)3-2-6-19-16/h2-3,6,9-10,13,15H,4-5,7-8,11H2,1H3. The molecule has 0 spiro atoms. The van der Waals surface area contributed by atoms with Crippen molar-refractivity contribution in [2.75, 3.05) is 29.4 Å². The fraction of sp³-hybridized carbons (Fsp3) is 0.471. The van der Waals surface area contributed by atoms with E-state index in [1.54, 1.807) is 0 Å². The van der Waals surface area contributed by atoms with Crippen LogP contribution in [0.2, 0.25) is 0 Å². The van der Waals surface area contributed by atoms with Gasteiger partial charge in [0.1, 0.15) is 5.82 Å². The summed E-state index contributed by atoms with van der Waals surface area (Å²) in [6.07, 6.45) is 8.11. The summed E-state index contributed by atoms with van der Waals surface area (Å²) in [6.45, 7) is 5.11. The lowest BCUT2D eigenvalue weighted by Crippen LogP contribution is -2.49. The van der Waals surface area contributed by atoms with Crippen molar-refractivity contribution in [3.8, 4) is 0 Å². The first kappa shape index (κ1) is 14.9. The third-order valence-corrected chi connectivity index (χ3v) is 5.54. The zero-order valence-corrected chi connectivity index (χ0v) is 14.8. The minimum Gasteiger partial charge on any atom is -0.351 e. The number of nitrogens with zero attached hydrogens (tertiary/aromatic N) is 5. The number of hydrogen-bond acceptors (Lipinski definition) is 5. The highest BCUT2D eigenvalue weighted by Gasteiger charge is 2.40. The van der Waals surface area contributed by atoms with E-state index in [-0.39, 0.29) is 0 Å². The Labute approximate surface area is 144 Å². The Morgan fingerprint density at radius 1 is 1.13 bits per heavy atom. The number of piperidine rings is 1. The summed E-state index contributed by atoms with van der Waals surface area (Å²) < 4.78 is 1.07. The molecule has 2 aliphatic rings. The number of hydrogen-bond donors (Lipinski definition) is 0. The topological polar surface area (TPSA) is 45.2 Å². The smallest absolute Gasteiger partial charge is 0.225 e. The Kier molecular flexibility index (Phi) is 3.93. The van der Waals surface area contributed by atoms with Gasteiger partial charge in [-0.1, -0.05) is 0 Å². The molecule has 120 valence electrons. The van der Waals surface area contributed by atoms with E-state index in [0.29, 0.717) is 6.04 Å². The zero-order chi connectivity index (χ0) is 15.8. The van der Waals surface area contributed by atoms with E-state index in [9.17, 15) is 0 Å². The normalized spacial score (nSPS) is 23.9. The second kappa shape index (κ2) is 6.07. The van der Waals surface area contributed by atoms with Crippen molar-refractivity contribution < 1.29 is 0 Å². The lowest BCUT2D eigenvalue weighted by Gasteiger charge is -2.39. The number of fused-ring (bicyclic) bond motifs is 1. The fourth-order valence-corrected chi connectivity index (χ4v) is 4.21. The summed E-state index contributed by atoms with van der Waals surface area (Å²) in [6, 6.07) is 4.52. The van der Waals surface area contributed by atoms with Crippen LogP contribution < -0.4 is 9.80 Å². The monoisotopic (exact) mass is 373 g/mol. The van der Waals surface area contributed by atoms with Crippen molar-refractivity contribution in [1.82, 2.24) is 15.0 Å². The Bertz CT molecular complexity index is 690. The van der Waals surface area contributed by atoms with Crippen LogP contribution in [-0.2, 0) is 0 Å². The molecule has 0 aromatic carbocycles. The van der Waals surface area contributed by atoms with Crippen LogP contribution >= 0.6 is 15.9 Å². The number of anilines is 2. The van der Waals surface area contributed by atoms with Gasteiger partial charge in [-0.05, 0) is 59.3 Å². The fourth-order valence-electron chi connectivity index (χ4n) is 3.72. The van der Waals surface area contributed by atoms with Crippen LogP contribution in [0.15, 0.2) is 35.2 Å². The SMILES string of the molecule is Cc1cnc(N2CCC3CCN(c4ncccc4Br)C3C2)nc1. The molecule has 23 heavy (non-hydrogen) atoms. The van der Waals surface area contributed by atoms with Crippen LogP contribution in [0.5, 0.6) is 0 Å². The predicted octanol–water partition coefficient (Wildman–Crippen LogP) is 3.05. The van der Waals surface area contributed by atoms with Gasteiger partial charge < -0.3 is 9.80 Å². The van der Waals surface area contributed by atoms with Crippen molar-refractivity contribution in [1.29, 1.82) is 0 Å². The molecule has 0 saturated carbocycles. The lowest BCUT2D eigenvalue weighted by atomic mass is 9.92. The van der Waals surface area contributed by atoms with Gasteiger partial charge >= 0.3 is 0 Å². The summed E-state index contributed by atoms with van der Waals surface area (Å²) >= 11 is 3.65. The summed E-state index contributed by atoms with van der Waals surface area (Å²) in [5, 5.41) is 0. The number of aryl methyl sites for hydroxylation is 1. The third kappa shape index (κ3) is 2.80. The van der Waals surface area contributed by atoms with Gasteiger partial charge in [0, 0.05) is 38.2 Å². The first-order chi connectivity index (χ1) is 11.2. The van der Waals surface area contributed by atoms with Gasteiger partial charge in [-0.2, -0.15) is 0 Å². The molecule has 0 amide bonds. The molecule has 0 bridgehead atoms. The summed E-state index contributed by atoms with van der Waals surface area (Å²) in [5.41, 5.74) is 1.10. The van der Waals surface area contributed by atoms with Crippen molar-refractivity contribution in [3.63, 3.8) is 0 Å². The van der Waals surface area contributed by atoms with Gasteiger partial charge in [-0.25, -0.2) is 15.0 Å². The Morgan fingerprint density at radius 3 is 2.70 bits per heavy atom. The molecule has 0 N–H and O–H groups in total. The zero-order valence-electron chi connectivity index (χ0n) is 13.2. The third-order valence-electron chi connectivity index (χ3n) is 4.92. The van der Waals surface area contributed by atoms with E-state index in [0.717, 1.165) is 47.4 Å². The van der Waals surface area contributed by atoms with Crippen molar-refractivity contribution in [2.24, 2.45) is 5.92 Å². The summed E-state index contributed by atoms with van der Waals surface area (Å²) in [4.78, 5) is 18.4. The van der Waals surface area contributed by atoms with Gasteiger partial charge in [-0.15, -0.1) is 0 Å². The lowest BCUT2D eigenvalue weighted by molar-refractivity contribution is 0.386. The second-order valence-electron chi connectivity index (χ2n) is 6.41. The van der Waals surface area contributed by atoms with E-state index >= 15 is 0 Å². The Hall–Kier alpha value is -1.69.